The minimum atomic E-state index is -0.423. The van der Waals surface area contributed by atoms with Gasteiger partial charge in [0.15, 0.2) is 0 Å². The van der Waals surface area contributed by atoms with Gasteiger partial charge in [0.2, 0.25) is 0 Å². The maximum absolute atomic E-state index is 12.8. The molecule has 0 amide bonds. The number of halogens is 2. The summed E-state index contributed by atoms with van der Waals surface area (Å²) in [5.41, 5.74) is 1.81. The third kappa shape index (κ3) is 3.61. The van der Waals surface area contributed by atoms with E-state index in [-0.39, 0.29) is 11.5 Å². The zero-order chi connectivity index (χ0) is 14.5. The van der Waals surface area contributed by atoms with Crippen LogP contribution < -0.4 is 5.32 Å². The van der Waals surface area contributed by atoms with E-state index in [9.17, 15) is 14.5 Å². The molecule has 0 radical (unpaired) electrons. The first-order chi connectivity index (χ1) is 9.58. The highest BCUT2D eigenvalue weighted by Gasteiger charge is 2.14. The molecular weight excluding hydrogens is 327 g/mol. The normalized spacial score (nSPS) is 10.5. The Morgan fingerprint density at radius 2 is 1.85 bits per heavy atom. The van der Waals surface area contributed by atoms with Crippen molar-refractivity contribution in [2.45, 2.75) is 13.1 Å². The zero-order valence-corrected chi connectivity index (χ0v) is 12.1. The lowest BCUT2D eigenvalue weighted by Crippen LogP contribution is -2.13. The van der Waals surface area contributed by atoms with E-state index in [0.717, 1.165) is 11.1 Å². The summed E-state index contributed by atoms with van der Waals surface area (Å²) in [6.45, 7) is 1.05. The molecule has 0 saturated heterocycles. The Bertz CT molecular complexity index is 617. The zero-order valence-electron chi connectivity index (χ0n) is 10.5. The van der Waals surface area contributed by atoms with Gasteiger partial charge in [-0.15, -0.1) is 0 Å². The molecule has 0 aliphatic heterocycles. The molecule has 0 fully saturated rings. The predicted octanol–water partition coefficient (Wildman–Crippen LogP) is 3.79. The molecular formula is C14H12BrFN2O2. The molecule has 0 aliphatic carbocycles. The summed E-state index contributed by atoms with van der Waals surface area (Å²) in [5.74, 6) is -0.268. The average Bonchev–Trinajstić information content (AvgIpc) is 2.42. The summed E-state index contributed by atoms with van der Waals surface area (Å²) in [7, 11) is 0. The fraction of sp³-hybridized carbons (Fsp3) is 0.143. The van der Waals surface area contributed by atoms with E-state index in [4.69, 9.17) is 0 Å². The van der Waals surface area contributed by atoms with E-state index in [0.29, 0.717) is 17.6 Å². The van der Waals surface area contributed by atoms with Crippen LogP contribution >= 0.6 is 15.9 Å². The van der Waals surface area contributed by atoms with Gasteiger partial charge in [-0.05, 0) is 39.2 Å². The molecule has 0 spiro atoms. The van der Waals surface area contributed by atoms with Gasteiger partial charge in [-0.1, -0.05) is 24.3 Å². The number of benzene rings is 2. The molecule has 1 N–H and O–H groups in total. The van der Waals surface area contributed by atoms with Crippen LogP contribution in [0.4, 0.5) is 10.1 Å². The Morgan fingerprint density at radius 3 is 2.50 bits per heavy atom. The minimum absolute atomic E-state index is 0.0473. The van der Waals surface area contributed by atoms with Crippen molar-refractivity contribution in [3.8, 4) is 0 Å². The third-order valence-electron chi connectivity index (χ3n) is 2.81. The van der Waals surface area contributed by atoms with Crippen molar-refractivity contribution >= 4 is 21.6 Å². The van der Waals surface area contributed by atoms with Gasteiger partial charge in [0.1, 0.15) is 5.82 Å². The van der Waals surface area contributed by atoms with Gasteiger partial charge in [0, 0.05) is 19.2 Å². The summed E-state index contributed by atoms with van der Waals surface area (Å²) in [6.07, 6.45) is 0. The van der Waals surface area contributed by atoms with Crippen molar-refractivity contribution < 1.29 is 9.31 Å². The number of nitro benzene ring substituents is 1. The Kier molecular flexibility index (Phi) is 4.81. The van der Waals surface area contributed by atoms with Crippen molar-refractivity contribution in [2.75, 3.05) is 0 Å². The molecule has 2 rings (SSSR count). The van der Waals surface area contributed by atoms with Gasteiger partial charge in [-0.25, -0.2) is 4.39 Å². The van der Waals surface area contributed by atoms with Crippen molar-refractivity contribution in [3.05, 3.63) is 74.0 Å². The maximum atomic E-state index is 12.8. The SMILES string of the molecule is O=[N+]([O-])c1cccc(CNCc2ccc(F)cc2)c1Br. The van der Waals surface area contributed by atoms with Gasteiger partial charge >= 0.3 is 0 Å². The largest absolute Gasteiger partial charge is 0.309 e. The Hall–Kier alpha value is -1.79. The van der Waals surface area contributed by atoms with E-state index >= 15 is 0 Å². The number of nitrogens with one attached hydrogen (secondary N) is 1. The van der Waals surface area contributed by atoms with Crippen LogP contribution in [0.5, 0.6) is 0 Å². The van der Waals surface area contributed by atoms with Crippen molar-refractivity contribution in [1.29, 1.82) is 0 Å². The van der Waals surface area contributed by atoms with Crippen LogP contribution in [0.2, 0.25) is 0 Å². The molecule has 104 valence electrons. The molecule has 2 aromatic carbocycles. The molecule has 0 aromatic heterocycles. The molecule has 0 aliphatic rings. The second kappa shape index (κ2) is 6.58. The van der Waals surface area contributed by atoms with E-state index in [1.807, 2.05) is 6.07 Å². The molecule has 4 nitrogen and oxygen atoms in total. The Morgan fingerprint density at radius 1 is 1.15 bits per heavy atom. The Balaban J connectivity index is 1.99. The highest BCUT2D eigenvalue weighted by atomic mass is 79.9. The molecule has 2 aromatic rings. The van der Waals surface area contributed by atoms with Gasteiger partial charge < -0.3 is 5.32 Å². The lowest BCUT2D eigenvalue weighted by atomic mass is 10.2. The fourth-order valence-corrected chi connectivity index (χ4v) is 2.34. The number of hydrogen-bond acceptors (Lipinski definition) is 3. The molecule has 0 saturated carbocycles. The summed E-state index contributed by atoms with van der Waals surface area (Å²) >= 11 is 3.25. The molecule has 6 heteroatoms. The van der Waals surface area contributed by atoms with Gasteiger partial charge in [0.05, 0.1) is 9.40 Å². The first-order valence-electron chi connectivity index (χ1n) is 5.95. The second-order valence-corrected chi connectivity index (χ2v) is 5.03. The van der Waals surface area contributed by atoms with E-state index < -0.39 is 4.92 Å². The van der Waals surface area contributed by atoms with Crippen LogP contribution in [-0.4, -0.2) is 4.92 Å². The Labute approximate surface area is 123 Å². The number of nitro groups is 1. The van der Waals surface area contributed by atoms with Gasteiger partial charge in [-0.2, -0.15) is 0 Å². The van der Waals surface area contributed by atoms with Crippen LogP contribution in [0.15, 0.2) is 46.9 Å². The topological polar surface area (TPSA) is 55.2 Å². The summed E-state index contributed by atoms with van der Waals surface area (Å²) in [5, 5.41) is 14.0. The third-order valence-corrected chi connectivity index (χ3v) is 3.73. The highest BCUT2D eigenvalue weighted by Crippen LogP contribution is 2.28. The fourth-order valence-electron chi connectivity index (χ4n) is 1.79. The maximum Gasteiger partial charge on any atom is 0.283 e. The van der Waals surface area contributed by atoms with Gasteiger partial charge in [-0.3, -0.25) is 10.1 Å². The van der Waals surface area contributed by atoms with Crippen LogP contribution in [0.3, 0.4) is 0 Å². The second-order valence-electron chi connectivity index (χ2n) is 4.24. The standard InChI is InChI=1S/C14H12BrFN2O2/c15-14-11(2-1-3-13(14)18(19)20)9-17-8-10-4-6-12(16)7-5-10/h1-7,17H,8-9H2. The first kappa shape index (κ1) is 14.6. The van der Waals surface area contributed by atoms with E-state index in [1.165, 1.54) is 18.2 Å². The van der Waals surface area contributed by atoms with Crippen LogP contribution in [0.1, 0.15) is 11.1 Å². The smallest absolute Gasteiger partial charge is 0.283 e. The lowest BCUT2D eigenvalue weighted by molar-refractivity contribution is -0.385. The molecule has 0 bridgehead atoms. The average molecular weight is 339 g/mol. The number of hydrogen-bond donors (Lipinski definition) is 1. The monoisotopic (exact) mass is 338 g/mol. The molecule has 0 unspecified atom stereocenters. The molecule has 0 atom stereocenters. The van der Waals surface area contributed by atoms with Gasteiger partial charge in [0.25, 0.3) is 5.69 Å². The quantitative estimate of drug-likeness (QED) is 0.666. The van der Waals surface area contributed by atoms with E-state index in [1.54, 1.807) is 18.2 Å². The summed E-state index contributed by atoms with van der Waals surface area (Å²) in [6, 6.07) is 11.1. The lowest BCUT2D eigenvalue weighted by Gasteiger charge is -2.07. The van der Waals surface area contributed by atoms with Crippen LogP contribution in [0.25, 0.3) is 0 Å². The van der Waals surface area contributed by atoms with Crippen molar-refractivity contribution in [2.24, 2.45) is 0 Å². The van der Waals surface area contributed by atoms with Crippen LogP contribution in [-0.2, 0) is 13.1 Å². The molecule has 20 heavy (non-hydrogen) atoms. The van der Waals surface area contributed by atoms with Crippen molar-refractivity contribution in [3.63, 3.8) is 0 Å². The summed E-state index contributed by atoms with van der Waals surface area (Å²) < 4.78 is 13.2. The van der Waals surface area contributed by atoms with Crippen LogP contribution in [0, 0.1) is 15.9 Å². The highest BCUT2D eigenvalue weighted by molar-refractivity contribution is 9.10. The minimum Gasteiger partial charge on any atom is -0.309 e. The number of rotatable bonds is 5. The first-order valence-corrected chi connectivity index (χ1v) is 6.74. The molecule has 0 heterocycles. The number of nitrogens with zero attached hydrogens (tertiary/aromatic N) is 1. The van der Waals surface area contributed by atoms with E-state index in [2.05, 4.69) is 21.2 Å². The predicted molar refractivity (Wildman–Crippen MR) is 77.7 cm³/mol. The van der Waals surface area contributed by atoms with Crippen molar-refractivity contribution in [1.82, 2.24) is 5.32 Å². The summed E-state index contributed by atoms with van der Waals surface area (Å²) in [4.78, 5) is 10.4.